The number of carbonyl (C=O) groups is 2. The van der Waals surface area contributed by atoms with Gasteiger partial charge in [-0.15, -0.1) is 0 Å². The van der Waals surface area contributed by atoms with Crippen molar-refractivity contribution in [3.63, 3.8) is 0 Å². The van der Waals surface area contributed by atoms with Gasteiger partial charge in [0.1, 0.15) is 11.9 Å². The number of sulfonamides is 1. The van der Waals surface area contributed by atoms with E-state index in [1.807, 2.05) is 11.8 Å². The lowest BCUT2D eigenvalue weighted by molar-refractivity contribution is -0.134. The van der Waals surface area contributed by atoms with Crippen molar-refractivity contribution >= 4 is 27.7 Å². The molecule has 2 aliphatic heterocycles. The van der Waals surface area contributed by atoms with Crippen LogP contribution in [0.1, 0.15) is 35.7 Å². The lowest BCUT2D eigenvalue weighted by atomic mass is 10.2. The van der Waals surface area contributed by atoms with Gasteiger partial charge in [0.25, 0.3) is 0 Å². The first-order valence-electron chi connectivity index (χ1n) is 11.6. The summed E-state index contributed by atoms with van der Waals surface area (Å²) in [4.78, 5) is 33.5. The molecule has 3 heterocycles. The number of carbonyl (C=O) groups excluding carboxylic acids is 2. The predicted octanol–water partition coefficient (Wildman–Crippen LogP) is 2.07. The molecule has 4 rings (SSSR count). The maximum Gasteiger partial charge on any atom is 0.339 e. The van der Waals surface area contributed by atoms with Gasteiger partial charge in [-0.3, -0.25) is 4.79 Å². The smallest absolute Gasteiger partial charge is 0.339 e. The van der Waals surface area contributed by atoms with Gasteiger partial charge in [0.05, 0.1) is 17.1 Å². The van der Waals surface area contributed by atoms with Crippen LogP contribution in [0.5, 0.6) is 0 Å². The van der Waals surface area contributed by atoms with Crippen LogP contribution in [0.3, 0.4) is 0 Å². The number of nitrogens with zero attached hydrogens (tertiary/aromatic N) is 4. The van der Waals surface area contributed by atoms with Crippen molar-refractivity contribution in [2.45, 2.75) is 37.6 Å². The molecule has 1 aromatic heterocycles. The first kappa shape index (κ1) is 24.2. The number of rotatable bonds is 6. The van der Waals surface area contributed by atoms with Gasteiger partial charge in [0.2, 0.25) is 15.9 Å². The van der Waals surface area contributed by atoms with Crippen LogP contribution in [0.15, 0.2) is 47.5 Å². The van der Waals surface area contributed by atoms with Crippen molar-refractivity contribution in [3.8, 4) is 0 Å². The van der Waals surface area contributed by atoms with E-state index in [-0.39, 0.29) is 10.8 Å². The molecule has 2 aliphatic rings. The van der Waals surface area contributed by atoms with Gasteiger partial charge in [-0.1, -0.05) is 17.7 Å². The van der Waals surface area contributed by atoms with Crippen molar-refractivity contribution in [1.82, 2.24) is 14.2 Å². The number of anilines is 1. The van der Waals surface area contributed by atoms with Gasteiger partial charge in [0, 0.05) is 38.9 Å². The number of esters is 1. The summed E-state index contributed by atoms with van der Waals surface area (Å²) in [5.41, 5.74) is 1.38. The van der Waals surface area contributed by atoms with Gasteiger partial charge in [-0.25, -0.2) is 18.2 Å². The molecule has 0 spiro atoms. The molecule has 0 unspecified atom stereocenters. The average molecular weight is 487 g/mol. The normalized spacial score (nSPS) is 19.3. The second kappa shape index (κ2) is 10.1. The fourth-order valence-electron chi connectivity index (χ4n) is 4.40. The molecule has 34 heavy (non-hydrogen) atoms. The highest BCUT2D eigenvalue weighted by atomic mass is 32.2. The highest BCUT2D eigenvalue weighted by Crippen LogP contribution is 2.28. The Morgan fingerprint density at radius 1 is 1.03 bits per heavy atom. The molecule has 0 N–H and O–H groups in total. The molecule has 10 heteroatoms. The summed E-state index contributed by atoms with van der Waals surface area (Å²) in [5, 5.41) is 0. The lowest BCUT2D eigenvalue weighted by Crippen LogP contribution is -2.54. The van der Waals surface area contributed by atoms with Crippen LogP contribution in [0.4, 0.5) is 5.82 Å². The van der Waals surface area contributed by atoms with Gasteiger partial charge < -0.3 is 14.5 Å². The third-order valence-electron chi connectivity index (χ3n) is 6.29. The van der Waals surface area contributed by atoms with Gasteiger partial charge in [-0.05, 0) is 51.0 Å². The number of amides is 1. The van der Waals surface area contributed by atoms with E-state index >= 15 is 0 Å². The molecule has 0 radical (unpaired) electrons. The highest BCUT2D eigenvalue weighted by molar-refractivity contribution is 7.89. The van der Waals surface area contributed by atoms with E-state index in [1.165, 1.54) is 10.5 Å². The van der Waals surface area contributed by atoms with Crippen LogP contribution in [0, 0.1) is 6.92 Å². The van der Waals surface area contributed by atoms with E-state index in [1.54, 1.807) is 48.2 Å². The van der Waals surface area contributed by atoms with Crippen LogP contribution in [0.2, 0.25) is 0 Å². The third kappa shape index (κ3) is 4.92. The molecular weight excluding hydrogens is 456 g/mol. The zero-order valence-corrected chi connectivity index (χ0v) is 20.3. The van der Waals surface area contributed by atoms with Gasteiger partial charge in [-0.2, -0.15) is 4.31 Å². The minimum Gasteiger partial charge on any atom is -0.462 e. The minimum atomic E-state index is -3.73. The van der Waals surface area contributed by atoms with Crippen molar-refractivity contribution in [2.75, 3.05) is 44.2 Å². The number of ether oxygens (including phenoxy) is 1. The summed E-state index contributed by atoms with van der Waals surface area (Å²) in [6, 6.07) is 9.53. The lowest BCUT2D eigenvalue weighted by Gasteiger charge is -2.37. The molecule has 1 amide bonds. The van der Waals surface area contributed by atoms with E-state index in [4.69, 9.17) is 4.74 Å². The molecular formula is C24H30N4O5S. The van der Waals surface area contributed by atoms with E-state index in [9.17, 15) is 18.0 Å². The summed E-state index contributed by atoms with van der Waals surface area (Å²) < 4.78 is 32.8. The van der Waals surface area contributed by atoms with E-state index < -0.39 is 22.0 Å². The molecule has 182 valence electrons. The monoisotopic (exact) mass is 486 g/mol. The molecule has 0 aliphatic carbocycles. The number of pyridine rings is 1. The van der Waals surface area contributed by atoms with E-state index in [2.05, 4.69) is 4.98 Å². The number of aromatic nitrogens is 1. The first-order chi connectivity index (χ1) is 16.3. The molecule has 9 nitrogen and oxygen atoms in total. The molecule has 0 saturated carbocycles. The average Bonchev–Trinajstić information content (AvgIpc) is 3.35. The van der Waals surface area contributed by atoms with Crippen LogP contribution in [-0.2, 0) is 19.6 Å². The summed E-state index contributed by atoms with van der Waals surface area (Å²) in [5.74, 6) is 0.182. The number of benzene rings is 1. The van der Waals surface area contributed by atoms with Crippen LogP contribution in [0.25, 0.3) is 0 Å². The summed E-state index contributed by atoms with van der Waals surface area (Å²) in [7, 11) is -3.73. The Morgan fingerprint density at radius 3 is 2.35 bits per heavy atom. The standard InChI is InChI=1S/C24H30N4O5S/c1-3-33-24(30)19-8-11-22(25-17-19)26-13-15-27(16-14-26)23(29)21-5-4-12-28(21)34(31,32)20-9-6-18(2)7-10-20/h6-11,17,21H,3-5,12-16H2,1-2H3/t21-/m0/s1. The molecule has 2 aromatic rings. The zero-order chi connectivity index (χ0) is 24.3. The van der Waals surface area contributed by atoms with Crippen LogP contribution >= 0.6 is 0 Å². The maximum atomic E-state index is 13.3. The Hall–Kier alpha value is -2.98. The second-order valence-electron chi connectivity index (χ2n) is 8.52. The SMILES string of the molecule is CCOC(=O)c1ccc(N2CCN(C(=O)[C@@H]3CCCN3S(=O)(=O)c3ccc(C)cc3)CC2)nc1. The zero-order valence-electron chi connectivity index (χ0n) is 19.5. The Morgan fingerprint density at radius 2 is 1.74 bits per heavy atom. The van der Waals surface area contributed by atoms with Crippen molar-refractivity contribution < 1.29 is 22.7 Å². The predicted molar refractivity (Wildman–Crippen MR) is 127 cm³/mol. The van der Waals surface area contributed by atoms with Crippen LogP contribution in [-0.4, -0.2) is 79.9 Å². The highest BCUT2D eigenvalue weighted by Gasteiger charge is 2.41. The fourth-order valence-corrected chi connectivity index (χ4v) is 6.05. The minimum absolute atomic E-state index is 0.140. The maximum absolute atomic E-state index is 13.3. The number of piperazine rings is 1. The quantitative estimate of drug-likeness (QED) is 0.576. The molecule has 1 aromatic carbocycles. The molecule has 2 saturated heterocycles. The third-order valence-corrected chi connectivity index (χ3v) is 8.21. The largest absolute Gasteiger partial charge is 0.462 e. The van der Waals surface area contributed by atoms with Crippen molar-refractivity contribution in [3.05, 3.63) is 53.7 Å². The fraction of sp³-hybridized carbons (Fsp3) is 0.458. The van der Waals surface area contributed by atoms with Crippen molar-refractivity contribution in [2.24, 2.45) is 0 Å². The Labute approximate surface area is 200 Å². The summed E-state index contributed by atoms with van der Waals surface area (Å²) in [6.07, 6.45) is 2.69. The van der Waals surface area contributed by atoms with E-state index in [0.717, 1.165) is 11.4 Å². The van der Waals surface area contributed by atoms with E-state index in [0.29, 0.717) is 57.7 Å². The molecule has 2 fully saturated rings. The molecule has 1 atom stereocenters. The second-order valence-corrected chi connectivity index (χ2v) is 10.4. The number of aryl methyl sites for hydroxylation is 1. The summed E-state index contributed by atoms with van der Waals surface area (Å²) in [6.45, 7) is 6.43. The summed E-state index contributed by atoms with van der Waals surface area (Å²) >= 11 is 0. The Bertz CT molecular complexity index is 1130. The van der Waals surface area contributed by atoms with Crippen molar-refractivity contribution in [1.29, 1.82) is 0 Å². The molecule has 0 bridgehead atoms. The Kier molecular flexibility index (Phi) is 7.18. The number of hydrogen-bond donors (Lipinski definition) is 0. The van der Waals surface area contributed by atoms with Gasteiger partial charge in [0.15, 0.2) is 0 Å². The van der Waals surface area contributed by atoms with Gasteiger partial charge >= 0.3 is 5.97 Å². The first-order valence-corrected chi connectivity index (χ1v) is 13.0. The topological polar surface area (TPSA) is 100 Å². The van der Waals surface area contributed by atoms with Crippen LogP contribution < -0.4 is 4.90 Å². The Balaban J connectivity index is 1.39. The number of hydrogen-bond acceptors (Lipinski definition) is 7.